The van der Waals surface area contributed by atoms with Crippen LogP contribution in [-0.2, 0) is 62.7 Å². The number of anilines is 6. The molecular formula is C129H118F2N6O6S6. The van der Waals surface area contributed by atoms with Gasteiger partial charge in [-0.05, 0) is 285 Å². The number of aryl methyl sites for hydroxylation is 3. The van der Waals surface area contributed by atoms with Crippen molar-refractivity contribution in [2.24, 2.45) is 0 Å². The van der Waals surface area contributed by atoms with E-state index in [1.165, 1.54) is 54.8 Å². The standard InChI is InChI=1S/C23H23NOS.2C22H21NOS.C21H17F2NOS.C21H19NOS.C20H17NOS/c1-23(2,3)21-14-13-20(26-21)19-15-16-9-7-8-12-18(16)22(25)24(19)17-10-5-4-6-11-17;1-15(2)20-12-13-21(25-20)19-14-16-8-6-7-11-18(16)22(24)23(19)17-9-4-3-5-10-17;1-2-8-18-13-14-21(25-18)20-15-16-9-6-7-12-19(16)22(24)23(20)17-10-4-3-5-11-17;1-21(22,23)19-12-11-18(26-19)17-13-14-7-5-6-10-16(14)20(25)24(17)15-8-3-2-4-9-15;1-2-17-12-13-20(24-17)19-14-15-8-6-7-11-18(15)21(23)22(19)16-9-4-3-5-10-16;1-14-11-12-19(23-14)18-13-15-7-5-6-10-17(15)20(22)21(18)16-8-3-2-4-9-16/h4-14,19H,15H2,1-3H3;3-13,15,19H,14H2,1-2H3;3-7,9-14,20H,2,8,15H2,1H3;2-12,17H,13H2,1H3;3-13,19H,2,14H2,1H3;2-12,18H,13H2,1H3. The van der Waals surface area contributed by atoms with Crippen LogP contribution in [0, 0.1) is 6.92 Å². The molecule has 0 bridgehead atoms. The minimum absolute atomic E-state index is 0.0202. The van der Waals surface area contributed by atoms with E-state index < -0.39 is 5.92 Å². The lowest BCUT2D eigenvalue weighted by Gasteiger charge is -2.36. The summed E-state index contributed by atoms with van der Waals surface area (Å²) in [7, 11) is 0. The van der Waals surface area contributed by atoms with Gasteiger partial charge in [0.15, 0.2) is 0 Å². The van der Waals surface area contributed by atoms with Gasteiger partial charge in [0.1, 0.15) is 0 Å². The summed E-state index contributed by atoms with van der Waals surface area (Å²) in [4.78, 5) is 105. The van der Waals surface area contributed by atoms with E-state index in [0.29, 0.717) is 17.9 Å². The first-order chi connectivity index (χ1) is 72.3. The predicted molar refractivity (Wildman–Crippen MR) is 613 cm³/mol. The summed E-state index contributed by atoms with van der Waals surface area (Å²) in [5.41, 5.74) is 17.2. The molecule has 0 N–H and O–H groups in total. The van der Waals surface area contributed by atoms with Crippen LogP contribution in [0.1, 0.15) is 258 Å². The molecule has 20 heteroatoms. The zero-order chi connectivity index (χ0) is 104. The number of hydrogen-bond acceptors (Lipinski definition) is 12. The van der Waals surface area contributed by atoms with E-state index in [0.717, 1.165) is 170 Å². The molecule has 0 fully saturated rings. The molecule has 750 valence electrons. The number of benzene rings is 12. The Balaban J connectivity index is 0.000000112. The molecule has 0 saturated heterocycles. The number of rotatable bonds is 17. The Hall–Kier alpha value is -14.5. The van der Waals surface area contributed by atoms with E-state index in [9.17, 15) is 37.5 Å². The number of carbonyl (C=O) groups excluding carboxylic acids is 6. The van der Waals surface area contributed by atoms with Gasteiger partial charge in [-0.15, -0.1) is 68.0 Å². The van der Waals surface area contributed by atoms with Gasteiger partial charge in [-0.2, -0.15) is 0 Å². The van der Waals surface area contributed by atoms with Gasteiger partial charge < -0.3 is 0 Å². The molecule has 18 aromatic rings. The van der Waals surface area contributed by atoms with Crippen LogP contribution in [0.25, 0.3) is 0 Å². The smallest absolute Gasteiger partial charge is 0.279 e. The van der Waals surface area contributed by atoms with Crippen molar-refractivity contribution >= 4 is 138 Å². The monoisotopic (exact) mass is 2080 g/mol. The van der Waals surface area contributed by atoms with E-state index in [1.54, 1.807) is 22.3 Å². The number of hydrogen-bond donors (Lipinski definition) is 0. The van der Waals surface area contributed by atoms with E-state index in [-0.39, 0.29) is 82.0 Å². The number of thiophene rings is 6. The third-order valence-electron chi connectivity index (χ3n) is 27.9. The van der Waals surface area contributed by atoms with Crippen molar-refractivity contribution in [2.45, 2.75) is 174 Å². The zero-order valence-corrected chi connectivity index (χ0v) is 89.7. The molecule has 12 heterocycles. The number of nitrogens with zero attached hydrogens (tertiary/aromatic N) is 6. The Morgan fingerprint density at radius 1 is 0.262 bits per heavy atom. The summed E-state index contributed by atoms with van der Waals surface area (Å²) in [5.74, 6) is -1.99. The van der Waals surface area contributed by atoms with Gasteiger partial charge in [-0.3, -0.25) is 58.2 Å². The lowest BCUT2D eigenvalue weighted by atomic mass is 9.91. The molecule has 6 aromatic heterocycles. The number of fused-ring (bicyclic) bond motifs is 6. The summed E-state index contributed by atoms with van der Waals surface area (Å²) in [6, 6.07) is 132. The second-order valence-electron chi connectivity index (χ2n) is 39.4. The van der Waals surface area contributed by atoms with Crippen LogP contribution in [0.4, 0.5) is 42.9 Å². The fourth-order valence-corrected chi connectivity index (χ4v) is 27.0. The van der Waals surface area contributed by atoms with Gasteiger partial charge >= 0.3 is 0 Å². The summed E-state index contributed by atoms with van der Waals surface area (Å²) in [5, 5.41) is 0. The molecule has 6 aliphatic rings. The molecule has 12 nitrogen and oxygen atoms in total. The maximum Gasteiger partial charge on any atom is 0.279 e. The highest BCUT2D eigenvalue weighted by molar-refractivity contribution is 7.13. The molecule has 12 aromatic carbocycles. The lowest BCUT2D eigenvalue weighted by molar-refractivity contribution is 0.0214. The van der Waals surface area contributed by atoms with Crippen molar-refractivity contribution in [1.82, 2.24) is 0 Å². The fraction of sp³-hybridized carbons (Fsp3) is 0.209. The Morgan fingerprint density at radius 3 is 0.725 bits per heavy atom. The van der Waals surface area contributed by atoms with Crippen molar-refractivity contribution in [2.75, 3.05) is 29.4 Å². The molecule has 0 saturated carbocycles. The number of para-hydroxylation sites is 6. The van der Waals surface area contributed by atoms with Gasteiger partial charge in [-0.25, -0.2) is 8.78 Å². The minimum atomic E-state index is -2.88. The summed E-state index contributed by atoms with van der Waals surface area (Å²) < 4.78 is 27.4. The normalized spacial score (nSPS) is 17.1. The lowest BCUT2D eigenvalue weighted by Crippen LogP contribution is -2.40. The van der Waals surface area contributed by atoms with Crippen LogP contribution >= 0.6 is 68.0 Å². The van der Waals surface area contributed by atoms with E-state index in [1.807, 2.05) is 367 Å². The van der Waals surface area contributed by atoms with Crippen LogP contribution in [-0.4, -0.2) is 35.4 Å². The topological polar surface area (TPSA) is 122 Å². The average Bonchev–Trinajstić information content (AvgIpc) is 1.65. The highest BCUT2D eigenvalue weighted by atomic mass is 32.1. The largest absolute Gasteiger partial charge is 0.300 e. The number of alkyl halides is 2. The summed E-state index contributed by atoms with van der Waals surface area (Å²) in [6.07, 6.45) is 8.18. The summed E-state index contributed by atoms with van der Waals surface area (Å²) in [6.45, 7) is 18.5. The first-order valence-electron chi connectivity index (χ1n) is 51.0. The van der Waals surface area contributed by atoms with Crippen LogP contribution in [0.3, 0.4) is 0 Å². The molecular weight excluding hydrogens is 1960 g/mol. The van der Waals surface area contributed by atoms with Crippen molar-refractivity contribution in [3.8, 4) is 0 Å². The third kappa shape index (κ3) is 22.8. The molecule has 0 spiro atoms. The molecule has 6 amide bonds. The second kappa shape index (κ2) is 46.1. The van der Waals surface area contributed by atoms with Crippen molar-refractivity contribution in [1.29, 1.82) is 0 Å². The second-order valence-corrected chi connectivity index (χ2v) is 46.5. The van der Waals surface area contributed by atoms with Crippen LogP contribution in [0.5, 0.6) is 0 Å². The van der Waals surface area contributed by atoms with Crippen molar-refractivity contribution in [3.05, 3.63) is 526 Å². The average molecular weight is 2080 g/mol. The third-order valence-corrected chi connectivity index (χ3v) is 36.1. The first kappa shape index (κ1) is 103. The number of amides is 6. The fourth-order valence-electron chi connectivity index (χ4n) is 20.5. The minimum Gasteiger partial charge on any atom is -0.300 e. The van der Waals surface area contributed by atoms with Crippen molar-refractivity contribution < 1.29 is 37.5 Å². The first-order valence-corrected chi connectivity index (χ1v) is 55.9. The van der Waals surface area contributed by atoms with Crippen LogP contribution in [0.2, 0.25) is 0 Å². The molecule has 6 aliphatic heterocycles. The summed E-state index contributed by atoms with van der Waals surface area (Å²) >= 11 is 10.2. The maximum atomic E-state index is 13.7. The molecule has 6 atom stereocenters. The van der Waals surface area contributed by atoms with E-state index >= 15 is 0 Å². The molecule has 0 radical (unpaired) electrons. The number of halogens is 2. The van der Waals surface area contributed by atoms with Gasteiger partial charge in [0.05, 0.1) is 41.1 Å². The van der Waals surface area contributed by atoms with Gasteiger partial charge in [0, 0.05) is 128 Å². The molecule has 24 rings (SSSR count). The SMILES string of the molecule is CC(C)(C)c1ccc(C2Cc3ccccc3C(=O)N2c2ccccc2)s1.CC(C)c1ccc(C2Cc3ccccc3C(=O)N2c2ccccc2)s1.CC(F)(F)c1ccc(C2Cc3ccccc3C(=O)N2c2ccccc2)s1.CCCc1ccc(C2Cc3ccccc3C(=O)N2c2ccccc2)s1.CCc1ccc(C2Cc3ccccc3C(=O)N2c2ccccc2)s1.Cc1ccc(C2Cc3ccccc3C(=O)N2c2ccccc2)s1. The Kier molecular flexibility index (Phi) is 31.9. The van der Waals surface area contributed by atoms with E-state index in [2.05, 4.69) is 146 Å². The zero-order valence-electron chi connectivity index (χ0n) is 84.8. The maximum absolute atomic E-state index is 13.7. The van der Waals surface area contributed by atoms with Crippen molar-refractivity contribution in [3.63, 3.8) is 0 Å². The van der Waals surface area contributed by atoms with Gasteiger partial charge in [-0.1, -0.05) is 273 Å². The quantitative estimate of drug-likeness (QED) is 0.0895. The van der Waals surface area contributed by atoms with Crippen LogP contribution in [0.15, 0.2) is 400 Å². The Bertz CT molecular complexity index is 7580. The molecule has 0 aliphatic carbocycles. The number of carbonyl (C=O) groups is 6. The Morgan fingerprint density at radius 2 is 0.490 bits per heavy atom. The highest BCUT2D eigenvalue weighted by Gasteiger charge is 2.43. The highest BCUT2D eigenvalue weighted by Crippen LogP contribution is 2.49. The van der Waals surface area contributed by atoms with Gasteiger partial charge in [0.25, 0.3) is 41.4 Å². The molecule has 6 unspecified atom stereocenters. The molecule has 149 heavy (non-hydrogen) atoms. The van der Waals surface area contributed by atoms with Crippen LogP contribution < -0.4 is 29.4 Å². The Labute approximate surface area is 896 Å². The van der Waals surface area contributed by atoms with Gasteiger partial charge in [0.2, 0.25) is 0 Å². The predicted octanol–water partition coefficient (Wildman–Crippen LogP) is 33.5. The van der Waals surface area contributed by atoms with E-state index in [4.69, 9.17) is 0 Å².